The first-order valence-corrected chi connectivity index (χ1v) is 6.60. The van der Waals surface area contributed by atoms with E-state index in [4.69, 9.17) is 16.3 Å². The molecule has 0 aliphatic carbocycles. The molecule has 0 aliphatic heterocycles. The van der Waals surface area contributed by atoms with Gasteiger partial charge in [-0.1, -0.05) is 23.8 Å². The molecule has 1 rings (SSSR count). The summed E-state index contributed by atoms with van der Waals surface area (Å²) in [5, 5.41) is 2.84. The van der Waals surface area contributed by atoms with Crippen LogP contribution in [0.15, 0.2) is 18.3 Å². The van der Waals surface area contributed by atoms with Gasteiger partial charge in [-0.2, -0.15) is 0 Å². The maximum atomic E-state index is 13.3. The molecule has 0 atom stereocenters. The van der Waals surface area contributed by atoms with Crippen molar-refractivity contribution in [2.45, 2.75) is 32.8 Å². The Bertz CT molecular complexity index is 498. The number of carbonyl (C=O) groups excluding carboxylic acids is 1. The second-order valence-electron chi connectivity index (χ2n) is 5.15. The molecule has 1 aromatic rings. The van der Waals surface area contributed by atoms with Gasteiger partial charge in [0.25, 0.3) is 0 Å². The molecule has 0 fully saturated rings. The summed E-state index contributed by atoms with van der Waals surface area (Å²) in [5.41, 5.74) is -0.154. The molecule has 0 bridgehead atoms. The minimum Gasteiger partial charge on any atom is -0.444 e. The number of ether oxygens (including phenoxy) is 1. The zero-order valence-corrected chi connectivity index (χ0v) is 12.5. The number of aromatic nitrogens is 1. The van der Waals surface area contributed by atoms with Crippen LogP contribution < -0.4 is 5.32 Å². The van der Waals surface area contributed by atoms with Crippen LogP contribution in [0.2, 0.25) is 5.15 Å². The number of hydrogen-bond donors (Lipinski definition) is 1. The maximum absolute atomic E-state index is 13.3. The average molecular weight is 301 g/mol. The number of alkyl carbamates (subject to hydrolysis) is 1. The van der Waals surface area contributed by atoms with E-state index in [1.807, 2.05) is 0 Å². The van der Waals surface area contributed by atoms with E-state index < -0.39 is 17.5 Å². The number of hydrogen-bond acceptors (Lipinski definition) is 3. The molecular weight excluding hydrogens is 283 g/mol. The molecule has 0 aromatic carbocycles. The third-order valence-corrected chi connectivity index (χ3v) is 2.33. The van der Waals surface area contributed by atoms with Crippen molar-refractivity contribution in [1.82, 2.24) is 10.3 Å². The smallest absolute Gasteiger partial charge is 0.407 e. The summed E-state index contributed by atoms with van der Waals surface area (Å²) in [7, 11) is 0. The van der Waals surface area contributed by atoms with Crippen LogP contribution in [-0.2, 0) is 4.74 Å². The van der Waals surface area contributed by atoms with Gasteiger partial charge in [0.2, 0.25) is 0 Å². The summed E-state index contributed by atoms with van der Waals surface area (Å²) < 4.78 is 18.4. The molecule has 1 aromatic heterocycles. The van der Waals surface area contributed by atoms with E-state index in [1.54, 1.807) is 32.9 Å². The van der Waals surface area contributed by atoms with Crippen molar-refractivity contribution in [3.63, 3.8) is 0 Å². The first-order chi connectivity index (χ1) is 9.28. The van der Waals surface area contributed by atoms with Crippen LogP contribution in [0.25, 0.3) is 6.08 Å². The second-order valence-corrected chi connectivity index (χ2v) is 5.54. The molecule has 0 spiro atoms. The topological polar surface area (TPSA) is 51.2 Å². The number of rotatable bonds is 4. The minimum atomic E-state index is -0.517. The van der Waals surface area contributed by atoms with Crippen molar-refractivity contribution in [1.29, 1.82) is 0 Å². The lowest BCUT2D eigenvalue weighted by atomic mass is 10.2. The third kappa shape index (κ3) is 6.52. The summed E-state index contributed by atoms with van der Waals surface area (Å²) in [6.07, 6.45) is 4.50. The van der Waals surface area contributed by atoms with Gasteiger partial charge in [-0.15, -0.1) is 0 Å². The molecule has 1 N–H and O–H groups in total. The molecule has 110 valence electrons. The highest BCUT2D eigenvalue weighted by atomic mass is 35.5. The molecule has 4 nitrogen and oxygen atoms in total. The maximum Gasteiger partial charge on any atom is 0.407 e. The van der Waals surface area contributed by atoms with Gasteiger partial charge in [0.1, 0.15) is 16.6 Å². The second kappa shape index (κ2) is 7.24. The fraction of sp³-hybridized carbons (Fsp3) is 0.429. The van der Waals surface area contributed by atoms with Gasteiger partial charge in [0.05, 0.1) is 6.20 Å². The van der Waals surface area contributed by atoms with Crippen molar-refractivity contribution < 1.29 is 13.9 Å². The molecule has 0 aliphatic rings. The van der Waals surface area contributed by atoms with Crippen LogP contribution >= 0.6 is 11.6 Å². The summed E-state index contributed by atoms with van der Waals surface area (Å²) in [6.45, 7) is 5.79. The van der Waals surface area contributed by atoms with E-state index in [0.717, 1.165) is 6.20 Å². The Morgan fingerprint density at radius 1 is 1.55 bits per heavy atom. The predicted molar refractivity (Wildman–Crippen MR) is 77.1 cm³/mol. The fourth-order valence-electron chi connectivity index (χ4n) is 1.34. The number of nitrogens with zero attached hydrogens (tertiary/aromatic N) is 1. The largest absolute Gasteiger partial charge is 0.444 e. The van der Waals surface area contributed by atoms with Crippen molar-refractivity contribution in [3.8, 4) is 0 Å². The van der Waals surface area contributed by atoms with Crippen LogP contribution in [-0.4, -0.2) is 23.2 Å². The molecule has 1 amide bonds. The van der Waals surface area contributed by atoms with Crippen molar-refractivity contribution in [2.24, 2.45) is 0 Å². The van der Waals surface area contributed by atoms with Gasteiger partial charge in [-0.05, 0) is 33.3 Å². The van der Waals surface area contributed by atoms with Crippen molar-refractivity contribution in [3.05, 3.63) is 34.9 Å². The summed E-state index contributed by atoms with van der Waals surface area (Å²) >= 11 is 5.67. The Labute approximate surface area is 123 Å². The number of carbonyl (C=O) groups is 1. The molecule has 0 radical (unpaired) electrons. The quantitative estimate of drug-likeness (QED) is 0.679. The fourth-order valence-corrected chi connectivity index (χ4v) is 1.50. The van der Waals surface area contributed by atoms with Gasteiger partial charge < -0.3 is 10.1 Å². The highest BCUT2D eigenvalue weighted by Crippen LogP contribution is 2.13. The molecule has 20 heavy (non-hydrogen) atoms. The summed E-state index contributed by atoms with van der Waals surface area (Å²) in [4.78, 5) is 15.0. The molecule has 0 unspecified atom stereocenters. The number of nitrogens with one attached hydrogen (secondary N) is 1. The van der Waals surface area contributed by atoms with Gasteiger partial charge in [-0.25, -0.2) is 14.2 Å². The van der Waals surface area contributed by atoms with Crippen LogP contribution in [0.4, 0.5) is 9.18 Å². The van der Waals surface area contributed by atoms with E-state index in [1.165, 1.54) is 6.07 Å². The van der Waals surface area contributed by atoms with E-state index in [9.17, 15) is 9.18 Å². The SMILES string of the molecule is CC(C)(C)OC(=O)NCCC=Cc1cc(Cl)ncc1F. The standard InChI is InChI=1S/C14H18ClFN2O2/c1-14(2,3)20-13(19)17-7-5-4-6-10-8-12(15)18-9-11(10)16/h4,6,8-9H,5,7H2,1-3H3,(H,17,19). The Balaban J connectivity index is 2.36. The minimum absolute atomic E-state index is 0.234. The number of amides is 1. The third-order valence-electron chi connectivity index (χ3n) is 2.13. The molecule has 0 saturated carbocycles. The lowest BCUT2D eigenvalue weighted by Crippen LogP contribution is -2.32. The zero-order valence-electron chi connectivity index (χ0n) is 11.7. The summed E-state index contributed by atoms with van der Waals surface area (Å²) in [6, 6.07) is 1.44. The Hall–Kier alpha value is -1.62. The number of pyridine rings is 1. The normalized spacial score (nSPS) is 11.7. The lowest BCUT2D eigenvalue weighted by molar-refractivity contribution is 0.0529. The average Bonchev–Trinajstić information content (AvgIpc) is 2.30. The van der Waals surface area contributed by atoms with E-state index in [0.29, 0.717) is 18.5 Å². The molecular formula is C14H18ClFN2O2. The highest BCUT2D eigenvalue weighted by Gasteiger charge is 2.15. The van der Waals surface area contributed by atoms with Crippen molar-refractivity contribution >= 4 is 23.8 Å². The predicted octanol–water partition coefficient (Wildman–Crippen LogP) is 3.80. The molecule has 1 heterocycles. The monoisotopic (exact) mass is 300 g/mol. The van der Waals surface area contributed by atoms with E-state index in [-0.39, 0.29) is 5.15 Å². The highest BCUT2D eigenvalue weighted by molar-refractivity contribution is 6.29. The molecule has 0 saturated heterocycles. The van der Waals surface area contributed by atoms with Crippen LogP contribution in [0.3, 0.4) is 0 Å². The Morgan fingerprint density at radius 3 is 2.90 bits per heavy atom. The first-order valence-electron chi connectivity index (χ1n) is 6.22. The van der Waals surface area contributed by atoms with Gasteiger partial charge in [0.15, 0.2) is 0 Å². The van der Waals surface area contributed by atoms with Crippen LogP contribution in [0.1, 0.15) is 32.8 Å². The van der Waals surface area contributed by atoms with Gasteiger partial charge in [0, 0.05) is 12.1 Å². The lowest BCUT2D eigenvalue weighted by Gasteiger charge is -2.19. The first kappa shape index (κ1) is 16.4. The zero-order chi connectivity index (χ0) is 15.2. The molecule has 6 heteroatoms. The van der Waals surface area contributed by atoms with Crippen molar-refractivity contribution in [2.75, 3.05) is 6.54 Å². The van der Waals surface area contributed by atoms with E-state index in [2.05, 4.69) is 10.3 Å². The Morgan fingerprint density at radius 2 is 2.25 bits per heavy atom. The summed E-state index contributed by atoms with van der Waals surface area (Å²) in [5.74, 6) is -0.439. The Kier molecular flexibility index (Phi) is 5.95. The van der Waals surface area contributed by atoms with Crippen LogP contribution in [0.5, 0.6) is 0 Å². The van der Waals surface area contributed by atoms with Gasteiger partial charge in [-0.3, -0.25) is 0 Å². The van der Waals surface area contributed by atoms with Gasteiger partial charge >= 0.3 is 6.09 Å². The van der Waals surface area contributed by atoms with Crippen LogP contribution in [0, 0.1) is 5.82 Å². The van der Waals surface area contributed by atoms with E-state index >= 15 is 0 Å². The number of halogens is 2.